The third-order valence-electron chi connectivity index (χ3n) is 3.23. The summed E-state index contributed by atoms with van der Waals surface area (Å²) in [6.07, 6.45) is 3.57. The van der Waals surface area contributed by atoms with Crippen molar-refractivity contribution in [1.29, 1.82) is 0 Å². The van der Waals surface area contributed by atoms with Gasteiger partial charge in [-0.05, 0) is 36.9 Å². The Bertz CT molecular complexity index is 362. The summed E-state index contributed by atoms with van der Waals surface area (Å²) in [5.41, 5.74) is 2.03. The monoisotopic (exact) mass is 217 g/mol. The van der Waals surface area contributed by atoms with Crippen molar-refractivity contribution in [2.24, 2.45) is 5.92 Å². The molecule has 0 spiro atoms. The molecule has 0 aromatic heterocycles. The lowest BCUT2D eigenvalue weighted by atomic mass is 9.99. The highest BCUT2D eigenvalue weighted by Gasteiger charge is 2.16. The second-order valence-corrected chi connectivity index (χ2v) is 4.85. The van der Waals surface area contributed by atoms with Crippen molar-refractivity contribution < 1.29 is 4.79 Å². The molecule has 1 aromatic rings. The number of rotatable bonds is 3. The summed E-state index contributed by atoms with van der Waals surface area (Å²) in [6, 6.07) is 7.92. The molecule has 1 heterocycles. The van der Waals surface area contributed by atoms with Crippen LogP contribution in [0.5, 0.6) is 0 Å². The average molecular weight is 217 g/mol. The van der Waals surface area contributed by atoms with Gasteiger partial charge in [0.15, 0.2) is 0 Å². The molecule has 2 nitrogen and oxygen atoms in total. The van der Waals surface area contributed by atoms with E-state index in [1.165, 1.54) is 31.5 Å². The first-order valence-electron chi connectivity index (χ1n) is 6.04. The van der Waals surface area contributed by atoms with E-state index in [2.05, 4.69) is 17.9 Å². The molecule has 1 aliphatic heterocycles. The standard InChI is InChI=1S/C14H19NO/c1-12-4-3-7-15(9-12)10-13-5-2-6-14(8-13)11-16/h2,5-6,8,11-12H,3-4,7,9-10H2,1H3/t12-/m0/s1. The van der Waals surface area contributed by atoms with Crippen LogP contribution in [0.2, 0.25) is 0 Å². The number of carbonyl (C=O) groups is 1. The minimum absolute atomic E-state index is 0.780. The van der Waals surface area contributed by atoms with Gasteiger partial charge in [-0.3, -0.25) is 9.69 Å². The summed E-state index contributed by atoms with van der Waals surface area (Å²) in [5, 5.41) is 0. The van der Waals surface area contributed by atoms with Gasteiger partial charge in [0.1, 0.15) is 6.29 Å². The second-order valence-electron chi connectivity index (χ2n) is 4.85. The maximum absolute atomic E-state index is 10.7. The normalized spacial score (nSPS) is 21.9. The SMILES string of the molecule is C[C@H]1CCCN(Cc2cccc(C=O)c2)C1. The van der Waals surface area contributed by atoms with Crippen LogP contribution in [0.25, 0.3) is 0 Å². The Labute approximate surface area is 97.3 Å². The fourth-order valence-electron chi connectivity index (χ4n) is 2.45. The van der Waals surface area contributed by atoms with Crippen molar-refractivity contribution in [2.45, 2.75) is 26.3 Å². The maximum Gasteiger partial charge on any atom is 0.150 e. The zero-order valence-electron chi connectivity index (χ0n) is 9.86. The van der Waals surface area contributed by atoms with Gasteiger partial charge < -0.3 is 0 Å². The zero-order chi connectivity index (χ0) is 11.4. The Morgan fingerprint density at radius 2 is 2.38 bits per heavy atom. The molecule has 0 saturated carbocycles. The smallest absolute Gasteiger partial charge is 0.150 e. The van der Waals surface area contributed by atoms with Gasteiger partial charge >= 0.3 is 0 Å². The highest BCUT2D eigenvalue weighted by atomic mass is 16.1. The summed E-state index contributed by atoms with van der Waals surface area (Å²) in [7, 11) is 0. The van der Waals surface area contributed by atoms with Crippen LogP contribution in [0.15, 0.2) is 24.3 Å². The quantitative estimate of drug-likeness (QED) is 0.726. The summed E-state index contributed by atoms with van der Waals surface area (Å²) in [5.74, 6) is 0.808. The molecule has 0 amide bonds. The molecule has 2 rings (SSSR count). The number of carbonyl (C=O) groups excluding carboxylic acids is 1. The molecule has 16 heavy (non-hydrogen) atoms. The Kier molecular flexibility index (Phi) is 3.73. The predicted octanol–water partition coefficient (Wildman–Crippen LogP) is 2.73. The van der Waals surface area contributed by atoms with E-state index >= 15 is 0 Å². The van der Waals surface area contributed by atoms with E-state index in [4.69, 9.17) is 0 Å². The van der Waals surface area contributed by atoms with Gasteiger partial charge in [0.2, 0.25) is 0 Å². The van der Waals surface area contributed by atoms with Crippen LogP contribution in [0.4, 0.5) is 0 Å². The Balaban J connectivity index is 1.99. The fraction of sp³-hybridized carbons (Fsp3) is 0.500. The number of likely N-dealkylation sites (tertiary alicyclic amines) is 1. The highest BCUT2D eigenvalue weighted by molar-refractivity contribution is 5.74. The van der Waals surface area contributed by atoms with E-state index in [0.717, 1.165) is 24.3 Å². The molecule has 1 atom stereocenters. The number of benzene rings is 1. The first kappa shape index (κ1) is 11.3. The first-order chi connectivity index (χ1) is 7.78. The number of nitrogens with zero attached hydrogens (tertiary/aromatic N) is 1. The molecule has 2 heteroatoms. The molecule has 0 bridgehead atoms. The Hall–Kier alpha value is -1.15. The van der Waals surface area contributed by atoms with Crippen molar-refractivity contribution in [1.82, 2.24) is 4.90 Å². The predicted molar refractivity (Wildman–Crippen MR) is 65.5 cm³/mol. The van der Waals surface area contributed by atoms with Crippen LogP contribution in [0.1, 0.15) is 35.7 Å². The van der Waals surface area contributed by atoms with E-state index in [0.29, 0.717) is 0 Å². The number of hydrogen-bond acceptors (Lipinski definition) is 2. The number of aldehydes is 1. The highest BCUT2D eigenvalue weighted by Crippen LogP contribution is 2.17. The van der Waals surface area contributed by atoms with Crippen LogP contribution in [-0.2, 0) is 6.54 Å². The second kappa shape index (κ2) is 5.26. The largest absolute Gasteiger partial charge is 0.299 e. The molecule has 1 saturated heterocycles. The van der Waals surface area contributed by atoms with Gasteiger partial charge in [0, 0.05) is 18.7 Å². The zero-order valence-corrected chi connectivity index (χ0v) is 9.86. The number of hydrogen-bond donors (Lipinski definition) is 0. The molecule has 86 valence electrons. The fourth-order valence-corrected chi connectivity index (χ4v) is 2.45. The van der Waals surface area contributed by atoms with Crippen LogP contribution >= 0.6 is 0 Å². The van der Waals surface area contributed by atoms with Crippen LogP contribution in [0.3, 0.4) is 0 Å². The van der Waals surface area contributed by atoms with Gasteiger partial charge in [-0.1, -0.05) is 25.1 Å². The average Bonchev–Trinajstić information content (AvgIpc) is 2.29. The minimum Gasteiger partial charge on any atom is -0.299 e. The maximum atomic E-state index is 10.7. The van der Waals surface area contributed by atoms with E-state index in [9.17, 15) is 4.79 Å². The van der Waals surface area contributed by atoms with Gasteiger partial charge in [-0.25, -0.2) is 0 Å². The number of piperidine rings is 1. The lowest BCUT2D eigenvalue weighted by Gasteiger charge is -2.30. The van der Waals surface area contributed by atoms with Crippen LogP contribution < -0.4 is 0 Å². The van der Waals surface area contributed by atoms with Crippen LogP contribution in [0, 0.1) is 5.92 Å². The lowest BCUT2D eigenvalue weighted by Crippen LogP contribution is -2.33. The van der Waals surface area contributed by atoms with Crippen molar-refractivity contribution in [3.63, 3.8) is 0 Å². The lowest BCUT2D eigenvalue weighted by molar-refractivity contribution is 0.112. The molecule has 0 N–H and O–H groups in total. The molecule has 1 fully saturated rings. The van der Waals surface area contributed by atoms with Crippen molar-refractivity contribution in [3.05, 3.63) is 35.4 Å². The van der Waals surface area contributed by atoms with Gasteiger partial charge in [-0.15, -0.1) is 0 Å². The van der Waals surface area contributed by atoms with E-state index in [1.54, 1.807) is 0 Å². The topological polar surface area (TPSA) is 20.3 Å². The molecule has 1 aromatic carbocycles. The summed E-state index contributed by atoms with van der Waals surface area (Å²) < 4.78 is 0. The van der Waals surface area contributed by atoms with Gasteiger partial charge in [0.25, 0.3) is 0 Å². The third kappa shape index (κ3) is 2.92. The Morgan fingerprint density at radius 1 is 1.50 bits per heavy atom. The summed E-state index contributed by atoms with van der Waals surface area (Å²) >= 11 is 0. The third-order valence-corrected chi connectivity index (χ3v) is 3.23. The van der Waals surface area contributed by atoms with E-state index < -0.39 is 0 Å². The summed E-state index contributed by atoms with van der Waals surface area (Å²) in [4.78, 5) is 13.2. The molecule has 0 radical (unpaired) electrons. The van der Waals surface area contributed by atoms with Crippen molar-refractivity contribution >= 4 is 6.29 Å². The Morgan fingerprint density at radius 3 is 3.12 bits per heavy atom. The van der Waals surface area contributed by atoms with Gasteiger partial charge in [-0.2, -0.15) is 0 Å². The molecular formula is C14H19NO. The first-order valence-corrected chi connectivity index (χ1v) is 6.04. The van der Waals surface area contributed by atoms with Gasteiger partial charge in [0.05, 0.1) is 0 Å². The van der Waals surface area contributed by atoms with E-state index in [-0.39, 0.29) is 0 Å². The van der Waals surface area contributed by atoms with Crippen LogP contribution in [-0.4, -0.2) is 24.3 Å². The van der Waals surface area contributed by atoms with Crippen molar-refractivity contribution in [2.75, 3.05) is 13.1 Å². The minimum atomic E-state index is 0.780. The molecule has 0 unspecified atom stereocenters. The molecular weight excluding hydrogens is 198 g/mol. The van der Waals surface area contributed by atoms with Crippen molar-refractivity contribution in [3.8, 4) is 0 Å². The van der Waals surface area contributed by atoms with E-state index in [1.807, 2.05) is 18.2 Å². The molecule has 0 aliphatic carbocycles. The molecule has 1 aliphatic rings. The summed E-state index contributed by atoms with van der Waals surface area (Å²) in [6.45, 7) is 5.67.